The normalized spacial score (nSPS) is 10.8. The Morgan fingerprint density at radius 2 is 2.06 bits per heavy atom. The molecule has 0 saturated carbocycles. The lowest BCUT2D eigenvalue weighted by Crippen LogP contribution is -2.19. The van der Waals surface area contributed by atoms with Gasteiger partial charge in [-0.3, -0.25) is 0 Å². The van der Waals surface area contributed by atoms with Gasteiger partial charge in [0.1, 0.15) is 11.5 Å². The molecule has 1 N–H and O–H groups in total. The lowest BCUT2D eigenvalue weighted by Gasteiger charge is -2.17. The summed E-state index contributed by atoms with van der Waals surface area (Å²) in [6, 6.07) is 5.47. The maximum absolute atomic E-state index is 9.84. The highest BCUT2D eigenvalue weighted by Gasteiger charge is 2.06. The number of rotatable bonds is 7. The van der Waals surface area contributed by atoms with Crippen LogP contribution in [-0.2, 0) is 6.54 Å². The Kier molecular flexibility index (Phi) is 5.84. The van der Waals surface area contributed by atoms with Gasteiger partial charge < -0.3 is 14.7 Å². The van der Waals surface area contributed by atoms with Crippen molar-refractivity contribution in [1.82, 2.24) is 4.90 Å². The first-order valence-corrected chi connectivity index (χ1v) is 6.21. The molecule has 3 nitrogen and oxygen atoms in total. The van der Waals surface area contributed by atoms with Gasteiger partial charge >= 0.3 is 0 Å². The second kappa shape index (κ2) is 7.17. The maximum atomic E-state index is 9.84. The quantitative estimate of drug-likeness (QED) is 0.740. The highest BCUT2D eigenvalue weighted by atomic mass is 16.5. The zero-order valence-electron chi connectivity index (χ0n) is 11.1. The number of ether oxygens (including phenoxy) is 1. The number of hydrogen-bond acceptors (Lipinski definition) is 3. The smallest absolute Gasteiger partial charge is 0.123 e. The van der Waals surface area contributed by atoms with Gasteiger partial charge in [-0.2, -0.15) is 0 Å². The number of phenols is 1. The third kappa shape index (κ3) is 4.65. The van der Waals surface area contributed by atoms with Crippen LogP contribution in [0.3, 0.4) is 0 Å². The molecule has 3 heteroatoms. The van der Waals surface area contributed by atoms with Gasteiger partial charge in [0, 0.05) is 18.2 Å². The minimum atomic E-state index is 0.312. The summed E-state index contributed by atoms with van der Waals surface area (Å²) in [5.41, 5.74) is 0.949. The monoisotopic (exact) mass is 237 g/mol. The van der Waals surface area contributed by atoms with Gasteiger partial charge in [0.25, 0.3) is 0 Å². The van der Waals surface area contributed by atoms with Crippen molar-refractivity contribution in [1.29, 1.82) is 0 Å². The van der Waals surface area contributed by atoms with E-state index in [2.05, 4.69) is 18.9 Å². The zero-order valence-corrected chi connectivity index (χ0v) is 11.1. The fourth-order valence-electron chi connectivity index (χ4n) is 1.81. The molecular formula is C14H23NO2. The predicted molar refractivity (Wildman–Crippen MR) is 70.5 cm³/mol. The molecule has 0 aliphatic carbocycles. The lowest BCUT2D eigenvalue weighted by molar-refractivity contribution is 0.311. The minimum absolute atomic E-state index is 0.312. The van der Waals surface area contributed by atoms with Gasteiger partial charge in [-0.25, -0.2) is 0 Å². The van der Waals surface area contributed by atoms with Crippen molar-refractivity contribution in [2.45, 2.75) is 32.7 Å². The number of benzene rings is 1. The number of nitrogens with zero attached hydrogens (tertiary/aromatic N) is 1. The summed E-state index contributed by atoms with van der Waals surface area (Å²) in [7, 11) is 3.69. The van der Waals surface area contributed by atoms with Gasteiger partial charge in [0.2, 0.25) is 0 Å². The third-order valence-corrected chi connectivity index (χ3v) is 2.88. The molecular weight excluding hydrogens is 214 g/mol. The Hall–Kier alpha value is -1.22. The summed E-state index contributed by atoms with van der Waals surface area (Å²) in [6.45, 7) is 4.05. The van der Waals surface area contributed by atoms with E-state index < -0.39 is 0 Å². The summed E-state index contributed by atoms with van der Waals surface area (Å²) in [4.78, 5) is 2.23. The van der Waals surface area contributed by atoms with E-state index in [1.807, 2.05) is 12.1 Å². The minimum Gasteiger partial charge on any atom is -0.507 e. The molecule has 0 unspecified atom stereocenters. The van der Waals surface area contributed by atoms with Crippen molar-refractivity contribution < 1.29 is 9.84 Å². The first-order valence-electron chi connectivity index (χ1n) is 6.21. The first kappa shape index (κ1) is 13.8. The Balaban J connectivity index is 2.50. The highest BCUT2D eigenvalue weighted by Crippen LogP contribution is 2.24. The molecule has 0 aromatic heterocycles. The zero-order chi connectivity index (χ0) is 12.7. The number of hydrogen-bond donors (Lipinski definition) is 1. The number of unbranched alkanes of at least 4 members (excludes halogenated alkanes) is 2. The largest absolute Gasteiger partial charge is 0.507 e. The van der Waals surface area contributed by atoms with Crippen molar-refractivity contribution in [2.75, 3.05) is 20.7 Å². The van der Waals surface area contributed by atoms with Gasteiger partial charge in [-0.15, -0.1) is 0 Å². The molecule has 0 radical (unpaired) electrons. The van der Waals surface area contributed by atoms with Crippen molar-refractivity contribution in [3.8, 4) is 11.5 Å². The van der Waals surface area contributed by atoms with Crippen LogP contribution in [0.1, 0.15) is 31.7 Å². The van der Waals surface area contributed by atoms with E-state index >= 15 is 0 Å². The standard InChI is InChI=1S/C14H23NO2/c1-4-5-6-9-15(2)11-12-7-8-13(17-3)10-14(12)16/h7-8,10,16H,4-6,9,11H2,1-3H3. The first-order chi connectivity index (χ1) is 8.17. The lowest BCUT2D eigenvalue weighted by atomic mass is 10.1. The number of methoxy groups -OCH3 is 1. The van der Waals surface area contributed by atoms with Crippen molar-refractivity contribution in [2.24, 2.45) is 0 Å². The summed E-state index contributed by atoms with van der Waals surface area (Å²) in [6.07, 6.45) is 3.71. The van der Waals surface area contributed by atoms with E-state index in [1.165, 1.54) is 19.3 Å². The van der Waals surface area contributed by atoms with Gasteiger partial charge in [0.05, 0.1) is 7.11 Å². The summed E-state index contributed by atoms with van der Waals surface area (Å²) in [5.74, 6) is 1.01. The van der Waals surface area contributed by atoms with Crippen LogP contribution in [0.25, 0.3) is 0 Å². The molecule has 0 fully saturated rings. The molecule has 1 aromatic carbocycles. The van der Waals surface area contributed by atoms with E-state index in [4.69, 9.17) is 4.74 Å². The van der Waals surface area contributed by atoms with Crippen molar-refractivity contribution in [3.05, 3.63) is 23.8 Å². The molecule has 1 aromatic rings. The van der Waals surface area contributed by atoms with Gasteiger partial charge in [0.15, 0.2) is 0 Å². The molecule has 0 bridgehead atoms. The second-order valence-electron chi connectivity index (χ2n) is 4.44. The number of phenolic OH excluding ortho intramolecular Hbond substituents is 1. The van der Waals surface area contributed by atoms with Gasteiger partial charge in [-0.05, 0) is 26.1 Å². The summed E-state index contributed by atoms with van der Waals surface area (Å²) >= 11 is 0. The average Bonchev–Trinajstić information content (AvgIpc) is 2.32. The van der Waals surface area contributed by atoms with Gasteiger partial charge in [-0.1, -0.05) is 25.8 Å². The molecule has 96 valence electrons. The van der Waals surface area contributed by atoms with Crippen LogP contribution in [0.4, 0.5) is 0 Å². The SMILES string of the molecule is CCCCCN(C)Cc1ccc(OC)cc1O. The predicted octanol–water partition coefficient (Wildman–Crippen LogP) is 3.02. The molecule has 0 heterocycles. The Bertz CT molecular complexity index is 339. The Morgan fingerprint density at radius 1 is 1.29 bits per heavy atom. The molecule has 0 amide bonds. The molecule has 17 heavy (non-hydrogen) atoms. The fraction of sp³-hybridized carbons (Fsp3) is 0.571. The van der Waals surface area contributed by atoms with Crippen molar-refractivity contribution in [3.63, 3.8) is 0 Å². The van der Waals surface area contributed by atoms with Crippen LogP contribution < -0.4 is 4.74 Å². The average molecular weight is 237 g/mol. The van der Waals surface area contributed by atoms with Crippen molar-refractivity contribution >= 4 is 0 Å². The Morgan fingerprint density at radius 3 is 2.65 bits per heavy atom. The fourth-order valence-corrected chi connectivity index (χ4v) is 1.81. The van der Waals surface area contributed by atoms with Crippen LogP contribution in [0.2, 0.25) is 0 Å². The highest BCUT2D eigenvalue weighted by molar-refractivity contribution is 5.39. The van der Waals surface area contributed by atoms with E-state index in [1.54, 1.807) is 13.2 Å². The Labute approximate surface area is 104 Å². The molecule has 0 aliphatic heterocycles. The molecule has 0 saturated heterocycles. The van der Waals surface area contributed by atoms with Crippen LogP contribution in [-0.4, -0.2) is 30.7 Å². The van der Waals surface area contributed by atoms with Crippen LogP contribution in [0, 0.1) is 0 Å². The van der Waals surface area contributed by atoms with Crippen LogP contribution in [0.5, 0.6) is 11.5 Å². The van der Waals surface area contributed by atoms with Crippen LogP contribution in [0.15, 0.2) is 18.2 Å². The van der Waals surface area contributed by atoms with E-state index in [0.717, 1.165) is 18.7 Å². The van der Waals surface area contributed by atoms with Crippen LogP contribution >= 0.6 is 0 Å². The topological polar surface area (TPSA) is 32.7 Å². The summed E-state index contributed by atoms with van der Waals surface area (Å²) < 4.78 is 5.06. The van der Waals surface area contributed by atoms with E-state index in [9.17, 15) is 5.11 Å². The molecule has 0 aliphatic rings. The molecule has 0 atom stereocenters. The number of aromatic hydroxyl groups is 1. The van der Waals surface area contributed by atoms with E-state index in [-0.39, 0.29) is 0 Å². The second-order valence-corrected chi connectivity index (χ2v) is 4.44. The van der Waals surface area contributed by atoms with E-state index in [0.29, 0.717) is 11.5 Å². The summed E-state index contributed by atoms with van der Waals surface area (Å²) in [5, 5.41) is 9.84. The third-order valence-electron chi connectivity index (χ3n) is 2.88. The molecule has 1 rings (SSSR count). The molecule has 0 spiro atoms. The maximum Gasteiger partial charge on any atom is 0.123 e.